The number of hydrogen-bond donors (Lipinski definition) is 1. The van der Waals surface area contributed by atoms with Crippen LogP contribution in [0.5, 0.6) is 0 Å². The van der Waals surface area contributed by atoms with Crippen LogP contribution in [-0.2, 0) is 9.53 Å². The van der Waals surface area contributed by atoms with Gasteiger partial charge in [-0.15, -0.1) is 0 Å². The van der Waals surface area contributed by atoms with Gasteiger partial charge in [-0.3, -0.25) is 4.79 Å². The van der Waals surface area contributed by atoms with Gasteiger partial charge in [0.05, 0.1) is 12.0 Å². The van der Waals surface area contributed by atoms with Gasteiger partial charge in [0.15, 0.2) is 0 Å². The van der Waals surface area contributed by atoms with Crippen molar-refractivity contribution in [1.82, 2.24) is 4.90 Å². The van der Waals surface area contributed by atoms with Crippen molar-refractivity contribution >= 4 is 5.97 Å². The van der Waals surface area contributed by atoms with Crippen LogP contribution in [0.4, 0.5) is 0 Å². The van der Waals surface area contributed by atoms with Gasteiger partial charge >= 0.3 is 5.97 Å². The Bertz CT molecular complexity index is 227. The quantitative estimate of drug-likeness (QED) is 0.522. The van der Waals surface area contributed by atoms with Crippen molar-refractivity contribution in [1.29, 1.82) is 0 Å². The molecule has 17 heavy (non-hydrogen) atoms. The average Bonchev–Trinajstić information content (AvgIpc) is 2.23. The molecular formula is C13H27NO3. The number of unbranched alkanes of at least 4 members (excludes halogenated alkanes) is 1. The Morgan fingerprint density at radius 2 is 1.94 bits per heavy atom. The largest absolute Gasteiger partial charge is 0.466 e. The van der Waals surface area contributed by atoms with Gasteiger partial charge < -0.3 is 14.7 Å². The van der Waals surface area contributed by atoms with Crippen LogP contribution in [0.25, 0.3) is 0 Å². The fraction of sp³-hybridized carbons (Fsp3) is 0.923. The van der Waals surface area contributed by atoms with E-state index in [1.165, 1.54) is 0 Å². The molecule has 1 unspecified atom stereocenters. The van der Waals surface area contributed by atoms with Gasteiger partial charge in [-0.2, -0.15) is 0 Å². The van der Waals surface area contributed by atoms with Crippen molar-refractivity contribution in [3.8, 4) is 0 Å². The van der Waals surface area contributed by atoms with Crippen molar-refractivity contribution in [2.75, 3.05) is 27.3 Å². The molecule has 0 radical (unpaired) electrons. The van der Waals surface area contributed by atoms with Crippen molar-refractivity contribution in [3.05, 3.63) is 0 Å². The Morgan fingerprint density at radius 1 is 1.35 bits per heavy atom. The second-order valence-electron chi connectivity index (χ2n) is 5.14. The monoisotopic (exact) mass is 245 g/mol. The van der Waals surface area contributed by atoms with E-state index in [4.69, 9.17) is 9.84 Å². The molecule has 0 aromatic heterocycles. The zero-order valence-electron chi connectivity index (χ0n) is 11.8. The van der Waals surface area contributed by atoms with E-state index in [2.05, 4.69) is 4.90 Å². The van der Waals surface area contributed by atoms with E-state index in [9.17, 15) is 4.79 Å². The number of esters is 1. The Labute approximate surface area is 105 Å². The molecule has 1 N–H and O–H groups in total. The molecule has 0 spiro atoms. The first-order valence-electron chi connectivity index (χ1n) is 6.32. The molecule has 0 aromatic rings. The number of ether oxygens (including phenoxy) is 1. The third kappa shape index (κ3) is 5.04. The summed E-state index contributed by atoms with van der Waals surface area (Å²) < 4.78 is 5.13. The molecule has 0 saturated carbocycles. The molecular weight excluding hydrogens is 218 g/mol. The van der Waals surface area contributed by atoms with E-state index in [1.807, 2.05) is 34.9 Å². The van der Waals surface area contributed by atoms with E-state index in [0.717, 1.165) is 19.3 Å². The van der Waals surface area contributed by atoms with Crippen LogP contribution in [0.1, 0.15) is 40.0 Å². The highest BCUT2D eigenvalue weighted by molar-refractivity contribution is 5.76. The molecule has 0 rings (SSSR count). The number of nitrogens with zero attached hydrogens (tertiary/aromatic N) is 1. The summed E-state index contributed by atoms with van der Waals surface area (Å²) >= 11 is 0. The van der Waals surface area contributed by atoms with E-state index < -0.39 is 5.41 Å². The summed E-state index contributed by atoms with van der Waals surface area (Å²) in [6.07, 6.45) is 2.59. The minimum absolute atomic E-state index is 0.132. The molecule has 0 aliphatic carbocycles. The summed E-state index contributed by atoms with van der Waals surface area (Å²) in [5, 5.41) is 8.81. The first kappa shape index (κ1) is 16.4. The highest BCUT2D eigenvalue weighted by atomic mass is 16.5. The molecule has 1 atom stereocenters. The number of carbonyl (C=O) groups is 1. The van der Waals surface area contributed by atoms with Crippen molar-refractivity contribution in [2.24, 2.45) is 5.41 Å². The van der Waals surface area contributed by atoms with Gasteiger partial charge in [0, 0.05) is 12.6 Å². The molecule has 0 saturated heterocycles. The second-order valence-corrected chi connectivity index (χ2v) is 5.14. The lowest BCUT2D eigenvalue weighted by Gasteiger charge is -2.36. The van der Waals surface area contributed by atoms with Gasteiger partial charge in [-0.25, -0.2) is 0 Å². The number of aliphatic hydroxyl groups excluding tert-OH is 1. The highest BCUT2D eigenvalue weighted by Gasteiger charge is 2.38. The number of hydrogen-bond acceptors (Lipinski definition) is 4. The average molecular weight is 245 g/mol. The van der Waals surface area contributed by atoms with Gasteiger partial charge in [0.25, 0.3) is 0 Å². The predicted molar refractivity (Wildman–Crippen MR) is 68.8 cm³/mol. The first-order chi connectivity index (χ1) is 7.87. The van der Waals surface area contributed by atoms with E-state index in [1.54, 1.807) is 0 Å². The highest BCUT2D eigenvalue weighted by Crippen LogP contribution is 2.29. The topological polar surface area (TPSA) is 49.8 Å². The Morgan fingerprint density at radius 3 is 2.35 bits per heavy atom. The zero-order chi connectivity index (χ0) is 13.5. The zero-order valence-corrected chi connectivity index (χ0v) is 11.8. The molecule has 0 aromatic carbocycles. The van der Waals surface area contributed by atoms with Crippen LogP contribution >= 0.6 is 0 Å². The fourth-order valence-corrected chi connectivity index (χ4v) is 2.17. The Kier molecular flexibility index (Phi) is 7.39. The standard InChI is InChI=1S/C13H27NO3/c1-6-17-12(16)13(2,3)11(14(4)5)9-7-8-10-15/h11,15H,6-10H2,1-5H3. The lowest BCUT2D eigenvalue weighted by Crippen LogP contribution is -2.46. The first-order valence-corrected chi connectivity index (χ1v) is 6.32. The number of carbonyl (C=O) groups excluding carboxylic acids is 1. The van der Waals surface area contributed by atoms with Crippen LogP contribution in [0, 0.1) is 5.41 Å². The summed E-state index contributed by atoms with van der Waals surface area (Å²) in [7, 11) is 3.95. The molecule has 4 heteroatoms. The van der Waals surface area contributed by atoms with E-state index >= 15 is 0 Å². The summed E-state index contributed by atoms with van der Waals surface area (Å²) in [4.78, 5) is 14.0. The van der Waals surface area contributed by atoms with Crippen molar-refractivity contribution < 1.29 is 14.6 Å². The lowest BCUT2D eigenvalue weighted by molar-refractivity contribution is -0.157. The van der Waals surface area contributed by atoms with Crippen molar-refractivity contribution in [2.45, 2.75) is 46.1 Å². The normalized spacial score (nSPS) is 13.8. The SMILES string of the molecule is CCOC(=O)C(C)(C)C(CCCCO)N(C)C. The summed E-state index contributed by atoms with van der Waals surface area (Å²) in [5.41, 5.74) is -0.519. The summed E-state index contributed by atoms with van der Waals surface area (Å²) in [6.45, 7) is 6.30. The van der Waals surface area contributed by atoms with Gasteiger partial charge in [-0.1, -0.05) is 0 Å². The van der Waals surface area contributed by atoms with Crippen LogP contribution in [0.2, 0.25) is 0 Å². The summed E-state index contributed by atoms with van der Waals surface area (Å²) in [6, 6.07) is 0.132. The third-order valence-electron chi connectivity index (χ3n) is 3.14. The van der Waals surface area contributed by atoms with Gasteiger partial charge in [-0.05, 0) is 54.1 Å². The number of aliphatic hydroxyl groups is 1. The maximum Gasteiger partial charge on any atom is 0.313 e. The number of rotatable bonds is 8. The Balaban J connectivity index is 4.60. The predicted octanol–water partition coefficient (Wildman–Crippen LogP) is 1.67. The molecule has 4 nitrogen and oxygen atoms in total. The molecule has 102 valence electrons. The maximum absolute atomic E-state index is 11.9. The molecule has 0 amide bonds. The van der Waals surface area contributed by atoms with E-state index in [-0.39, 0.29) is 18.6 Å². The fourth-order valence-electron chi connectivity index (χ4n) is 2.17. The summed E-state index contributed by atoms with van der Waals surface area (Å²) in [5.74, 6) is -0.150. The van der Waals surface area contributed by atoms with Crippen LogP contribution in [-0.4, -0.2) is 49.3 Å². The molecule has 0 aliphatic heterocycles. The Hall–Kier alpha value is -0.610. The third-order valence-corrected chi connectivity index (χ3v) is 3.14. The van der Waals surface area contributed by atoms with Crippen LogP contribution in [0.3, 0.4) is 0 Å². The minimum atomic E-state index is -0.519. The van der Waals surface area contributed by atoms with Crippen LogP contribution in [0.15, 0.2) is 0 Å². The molecule has 0 fully saturated rings. The lowest BCUT2D eigenvalue weighted by atomic mass is 9.81. The van der Waals surface area contributed by atoms with Crippen molar-refractivity contribution in [3.63, 3.8) is 0 Å². The minimum Gasteiger partial charge on any atom is -0.466 e. The maximum atomic E-state index is 11.9. The molecule has 0 aliphatic rings. The second kappa shape index (κ2) is 7.67. The smallest absolute Gasteiger partial charge is 0.313 e. The molecule has 0 bridgehead atoms. The van der Waals surface area contributed by atoms with E-state index in [0.29, 0.717) is 6.61 Å². The van der Waals surface area contributed by atoms with Gasteiger partial charge in [0.1, 0.15) is 0 Å². The molecule has 0 heterocycles. The van der Waals surface area contributed by atoms with Crippen LogP contribution < -0.4 is 0 Å². The van der Waals surface area contributed by atoms with Gasteiger partial charge in [0.2, 0.25) is 0 Å².